The minimum absolute atomic E-state index is 0.0422. The van der Waals surface area contributed by atoms with E-state index in [1.54, 1.807) is 0 Å². The van der Waals surface area contributed by atoms with Crippen LogP contribution in [-0.4, -0.2) is 105 Å². The summed E-state index contributed by atoms with van der Waals surface area (Å²) in [5, 5.41) is 32.6. The van der Waals surface area contributed by atoms with Crippen molar-refractivity contribution >= 4 is 35.9 Å². The fourth-order valence-corrected chi connectivity index (χ4v) is 2.81. The number of amides is 1. The summed E-state index contributed by atoms with van der Waals surface area (Å²) in [4.78, 5) is 53.2. The van der Waals surface area contributed by atoms with Gasteiger partial charge in [-0.3, -0.25) is 14.6 Å². The van der Waals surface area contributed by atoms with Crippen molar-refractivity contribution in [3.05, 3.63) is 42.0 Å². The molecule has 35 heavy (non-hydrogen) atoms. The molecule has 1 saturated heterocycles. The predicted octanol–water partition coefficient (Wildman–Crippen LogP) is 0.542. The van der Waals surface area contributed by atoms with Crippen molar-refractivity contribution < 1.29 is 44.4 Å². The third-order valence-corrected chi connectivity index (χ3v) is 4.60. The van der Waals surface area contributed by atoms with E-state index in [9.17, 15) is 4.79 Å². The van der Waals surface area contributed by atoms with Crippen molar-refractivity contribution in [1.82, 2.24) is 15.1 Å². The fraction of sp³-hybridized carbons (Fsp3) is 0.435. The summed E-state index contributed by atoms with van der Waals surface area (Å²) >= 11 is 0. The molecule has 0 bridgehead atoms. The normalized spacial score (nSPS) is 14.6. The highest BCUT2D eigenvalue weighted by Crippen LogP contribution is 2.08. The number of carboxylic acids is 4. The minimum Gasteiger partial charge on any atom is -0.473 e. The molecule has 0 saturated carbocycles. The summed E-state index contributed by atoms with van der Waals surface area (Å²) in [5.41, 5.74) is 1.24. The van der Waals surface area contributed by atoms with Crippen LogP contribution in [0.1, 0.15) is 26.3 Å². The number of carbonyl (C=O) groups excluding carboxylic acids is 1. The molecule has 0 spiro atoms. The van der Waals surface area contributed by atoms with Crippen molar-refractivity contribution in [3.8, 4) is 0 Å². The van der Waals surface area contributed by atoms with E-state index in [1.807, 2.05) is 26.8 Å². The van der Waals surface area contributed by atoms with Crippen LogP contribution in [0.5, 0.6) is 0 Å². The van der Waals surface area contributed by atoms with Crippen LogP contribution in [0.15, 0.2) is 36.4 Å². The van der Waals surface area contributed by atoms with Crippen LogP contribution in [0, 0.1) is 0 Å². The second-order valence-corrected chi connectivity index (χ2v) is 7.71. The smallest absolute Gasteiger partial charge is 0.414 e. The van der Waals surface area contributed by atoms with Gasteiger partial charge in [-0.2, -0.15) is 0 Å². The van der Waals surface area contributed by atoms with Crippen LogP contribution in [0.2, 0.25) is 0 Å². The van der Waals surface area contributed by atoms with Crippen LogP contribution in [0.4, 0.5) is 0 Å². The molecule has 1 unspecified atom stereocenters. The van der Waals surface area contributed by atoms with Gasteiger partial charge in [0.2, 0.25) is 5.91 Å². The fourth-order valence-electron chi connectivity index (χ4n) is 2.81. The van der Waals surface area contributed by atoms with Gasteiger partial charge in [-0.25, -0.2) is 19.2 Å². The Morgan fingerprint density at radius 2 is 1.29 bits per heavy atom. The van der Waals surface area contributed by atoms with Crippen molar-refractivity contribution in [2.24, 2.45) is 0 Å². The molecule has 1 aromatic rings. The van der Waals surface area contributed by atoms with Gasteiger partial charge in [-0.1, -0.05) is 42.5 Å². The van der Waals surface area contributed by atoms with Crippen LogP contribution in [0.3, 0.4) is 0 Å². The van der Waals surface area contributed by atoms with Gasteiger partial charge < -0.3 is 25.7 Å². The largest absolute Gasteiger partial charge is 0.473 e. The second kappa shape index (κ2) is 16.8. The van der Waals surface area contributed by atoms with Crippen molar-refractivity contribution in [2.75, 3.05) is 32.7 Å². The van der Waals surface area contributed by atoms with Gasteiger partial charge in [-0.05, 0) is 26.3 Å². The Morgan fingerprint density at radius 1 is 0.829 bits per heavy atom. The first-order valence-electron chi connectivity index (χ1n) is 10.8. The molecule has 0 aromatic heterocycles. The van der Waals surface area contributed by atoms with E-state index >= 15 is 0 Å². The number of benzene rings is 1. The van der Waals surface area contributed by atoms with Crippen LogP contribution >= 0.6 is 0 Å². The van der Waals surface area contributed by atoms with Gasteiger partial charge in [0, 0.05) is 38.8 Å². The molecule has 12 heteroatoms. The maximum absolute atomic E-state index is 12.1. The first-order chi connectivity index (χ1) is 16.3. The Balaban J connectivity index is 0.000000797. The molecule has 1 fully saturated rings. The van der Waals surface area contributed by atoms with Crippen LogP contribution in [-0.2, 0) is 24.0 Å². The number of carbonyl (C=O) groups is 5. The number of carboxylic acid groups (broad SMARTS) is 4. The highest BCUT2D eigenvalue weighted by Gasteiger charge is 2.25. The number of hydrogen-bond donors (Lipinski definition) is 5. The Morgan fingerprint density at radius 3 is 1.69 bits per heavy atom. The lowest BCUT2D eigenvalue weighted by atomic mass is 10.2. The zero-order valence-corrected chi connectivity index (χ0v) is 20.0. The molecule has 1 heterocycles. The van der Waals surface area contributed by atoms with Gasteiger partial charge in [-0.15, -0.1) is 0 Å². The van der Waals surface area contributed by atoms with Crippen molar-refractivity contribution in [1.29, 1.82) is 0 Å². The number of hydrogen-bond acceptors (Lipinski definition) is 7. The molecular formula is C23H33N3O9. The number of nitrogens with zero attached hydrogens (tertiary/aromatic N) is 2. The third-order valence-electron chi connectivity index (χ3n) is 4.60. The molecule has 12 nitrogen and oxygen atoms in total. The quantitative estimate of drug-likeness (QED) is 0.347. The van der Waals surface area contributed by atoms with Gasteiger partial charge in [0.15, 0.2) is 0 Å². The van der Waals surface area contributed by atoms with Crippen molar-refractivity contribution in [2.45, 2.75) is 32.9 Å². The SMILES string of the molecule is CC(C)NC(=O)C(C)N1CCN(CC=Cc2ccccc2)CC1.O=C(O)C(=O)O.O=C(O)C(=O)O. The number of rotatable bonds is 6. The monoisotopic (exact) mass is 495 g/mol. The topological polar surface area (TPSA) is 185 Å². The van der Waals surface area contributed by atoms with Crippen LogP contribution < -0.4 is 5.32 Å². The molecule has 1 atom stereocenters. The summed E-state index contributed by atoms with van der Waals surface area (Å²) in [7, 11) is 0. The molecule has 1 amide bonds. The van der Waals surface area contributed by atoms with Gasteiger partial charge >= 0.3 is 23.9 Å². The minimum atomic E-state index is -1.82. The zero-order chi connectivity index (χ0) is 27.0. The molecule has 2 rings (SSSR count). The molecule has 1 aromatic carbocycles. The van der Waals surface area contributed by atoms with E-state index in [-0.39, 0.29) is 18.0 Å². The van der Waals surface area contributed by atoms with Crippen molar-refractivity contribution in [3.63, 3.8) is 0 Å². The molecule has 1 aliphatic rings. The summed E-state index contributed by atoms with van der Waals surface area (Å²) in [6.45, 7) is 10.9. The average molecular weight is 496 g/mol. The second-order valence-electron chi connectivity index (χ2n) is 7.71. The summed E-state index contributed by atoms with van der Waals surface area (Å²) < 4.78 is 0. The average Bonchev–Trinajstić information content (AvgIpc) is 2.80. The first-order valence-corrected chi connectivity index (χ1v) is 10.8. The zero-order valence-electron chi connectivity index (χ0n) is 20.0. The standard InChI is InChI=1S/C19H29N3O.2C2H2O4/c1-16(2)20-19(23)17(3)22-14-12-21(13-15-22)11-7-10-18-8-5-4-6-9-18;2*3-1(4)2(5)6/h4-10,16-17H,11-15H2,1-3H3,(H,20,23);2*(H,3,4)(H,5,6). The van der Waals surface area contributed by atoms with E-state index < -0.39 is 23.9 Å². The first kappa shape index (κ1) is 31.2. The van der Waals surface area contributed by atoms with Crippen LogP contribution in [0.25, 0.3) is 6.08 Å². The van der Waals surface area contributed by atoms with Gasteiger partial charge in [0.05, 0.1) is 6.04 Å². The Labute approximate surface area is 203 Å². The maximum atomic E-state index is 12.1. The van der Waals surface area contributed by atoms with E-state index in [1.165, 1.54) is 5.56 Å². The summed E-state index contributed by atoms with van der Waals surface area (Å²) in [6, 6.07) is 10.5. The molecule has 0 radical (unpaired) electrons. The van der Waals surface area contributed by atoms with Gasteiger partial charge in [0.25, 0.3) is 0 Å². The Kier molecular flexibility index (Phi) is 15.0. The molecule has 0 aliphatic carbocycles. The maximum Gasteiger partial charge on any atom is 0.414 e. The van der Waals surface area contributed by atoms with Gasteiger partial charge in [0.1, 0.15) is 0 Å². The molecule has 1 aliphatic heterocycles. The van der Waals surface area contributed by atoms with E-state index in [4.69, 9.17) is 39.6 Å². The highest BCUT2D eigenvalue weighted by molar-refractivity contribution is 6.27. The summed E-state index contributed by atoms with van der Waals surface area (Å²) in [6.07, 6.45) is 4.39. The summed E-state index contributed by atoms with van der Waals surface area (Å²) in [5.74, 6) is -7.16. The molecule has 5 N–H and O–H groups in total. The Hall–Kier alpha value is -3.77. The lowest BCUT2D eigenvalue weighted by Crippen LogP contribution is -2.54. The number of piperazine rings is 1. The van der Waals surface area contributed by atoms with E-state index in [0.717, 1.165) is 32.7 Å². The lowest BCUT2D eigenvalue weighted by Gasteiger charge is -2.37. The Bertz CT molecular complexity index is 816. The molecule has 194 valence electrons. The predicted molar refractivity (Wildman–Crippen MR) is 127 cm³/mol. The number of aliphatic carboxylic acids is 4. The third kappa shape index (κ3) is 14.9. The highest BCUT2D eigenvalue weighted by atomic mass is 16.4. The van der Waals surface area contributed by atoms with E-state index in [0.29, 0.717) is 0 Å². The number of nitrogens with one attached hydrogen (secondary N) is 1. The molecular weight excluding hydrogens is 462 g/mol. The van der Waals surface area contributed by atoms with E-state index in [2.05, 4.69) is 51.5 Å². The lowest BCUT2D eigenvalue weighted by molar-refractivity contribution is -0.159.